The Labute approximate surface area is 130 Å². The molecule has 0 radical (unpaired) electrons. The molecule has 21 heavy (non-hydrogen) atoms. The lowest BCUT2D eigenvalue weighted by Crippen LogP contribution is -1.88. The van der Waals surface area contributed by atoms with Crippen LogP contribution in [0, 0.1) is 0 Å². The minimum atomic E-state index is 0.304. The number of nitrogens with zero attached hydrogens (tertiary/aromatic N) is 1. The molecule has 0 aliphatic rings. The Morgan fingerprint density at radius 2 is 1.62 bits per heavy atom. The van der Waals surface area contributed by atoms with Crippen molar-refractivity contribution in [2.75, 3.05) is 12.8 Å². The summed E-state index contributed by atoms with van der Waals surface area (Å²) in [7, 11) is 1.63. The van der Waals surface area contributed by atoms with Gasteiger partial charge in [0.1, 0.15) is 11.4 Å². The maximum absolute atomic E-state index is 5.94. The van der Waals surface area contributed by atoms with Gasteiger partial charge in [-0.3, -0.25) is 0 Å². The smallest absolute Gasteiger partial charge is 0.230 e. The summed E-state index contributed by atoms with van der Waals surface area (Å²) >= 11 is 3.42. The number of benzene rings is 2. The highest BCUT2D eigenvalue weighted by Gasteiger charge is 2.17. The lowest BCUT2D eigenvalue weighted by atomic mass is 10.0. The average molecular weight is 345 g/mol. The summed E-state index contributed by atoms with van der Waals surface area (Å²) in [5.41, 5.74) is 9.35. The van der Waals surface area contributed by atoms with E-state index in [0.717, 1.165) is 32.6 Å². The minimum absolute atomic E-state index is 0.304. The summed E-state index contributed by atoms with van der Waals surface area (Å²) in [5.74, 6) is 1.09. The molecule has 0 aliphatic heterocycles. The van der Waals surface area contributed by atoms with Crippen LogP contribution in [0.15, 0.2) is 57.5 Å². The number of rotatable bonds is 3. The average Bonchev–Trinajstić information content (AvgIpc) is 2.90. The third-order valence-electron chi connectivity index (χ3n) is 3.21. The number of methoxy groups -OCH3 is 1. The van der Waals surface area contributed by atoms with Crippen LogP contribution < -0.4 is 10.5 Å². The van der Waals surface area contributed by atoms with E-state index in [9.17, 15) is 0 Å². The van der Waals surface area contributed by atoms with Crippen LogP contribution in [0.1, 0.15) is 0 Å². The molecule has 4 nitrogen and oxygen atoms in total. The third-order valence-corrected chi connectivity index (χ3v) is 3.74. The Bertz CT molecular complexity index is 749. The van der Waals surface area contributed by atoms with Gasteiger partial charge in [0.2, 0.25) is 5.88 Å². The van der Waals surface area contributed by atoms with Gasteiger partial charge in [-0.15, -0.1) is 0 Å². The first-order valence-electron chi connectivity index (χ1n) is 6.34. The topological polar surface area (TPSA) is 61.3 Å². The van der Waals surface area contributed by atoms with Crippen molar-refractivity contribution in [2.24, 2.45) is 0 Å². The number of nitrogen functional groups attached to an aromatic ring is 1. The van der Waals surface area contributed by atoms with Crippen molar-refractivity contribution in [3.05, 3.63) is 53.0 Å². The summed E-state index contributed by atoms with van der Waals surface area (Å²) in [4.78, 5) is 0. The molecule has 0 fully saturated rings. The zero-order valence-corrected chi connectivity index (χ0v) is 12.9. The van der Waals surface area contributed by atoms with Crippen molar-refractivity contribution in [3.8, 4) is 28.1 Å². The van der Waals surface area contributed by atoms with Crippen molar-refractivity contribution in [3.63, 3.8) is 0 Å². The summed E-state index contributed by atoms with van der Waals surface area (Å²) in [6.45, 7) is 0. The number of ether oxygens (including phenoxy) is 1. The summed E-state index contributed by atoms with van der Waals surface area (Å²) in [6.07, 6.45) is 0. The van der Waals surface area contributed by atoms with Crippen molar-refractivity contribution in [1.29, 1.82) is 0 Å². The number of halogens is 1. The van der Waals surface area contributed by atoms with Crippen LogP contribution in [0.4, 0.5) is 5.88 Å². The molecule has 0 saturated heterocycles. The van der Waals surface area contributed by atoms with Gasteiger partial charge >= 0.3 is 0 Å². The Morgan fingerprint density at radius 1 is 1.00 bits per heavy atom. The van der Waals surface area contributed by atoms with E-state index >= 15 is 0 Å². The predicted octanol–water partition coefficient (Wildman–Crippen LogP) is 4.36. The number of hydrogen-bond donors (Lipinski definition) is 1. The molecule has 2 N–H and O–H groups in total. The molecule has 2 aromatic carbocycles. The first-order chi connectivity index (χ1) is 10.2. The molecule has 5 heteroatoms. The lowest BCUT2D eigenvalue weighted by Gasteiger charge is -2.05. The molecule has 0 spiro atoms. The molecule has 0 aliphatic carbocycles. The number of aromatic nitrogens is 1. The summed E-state index contributed by atoms with van der Waals surface area (Å²) in [6, 6.07) is 15.5. The fourth-order valence-corrected chi connectivity index (χ4v) is 2.41. The molecule has 0 saturated carbocycles. The first kappa shape index (κ1) is 13.7. The van der Waals surface area contributed by atoms with Crippen LogP contribution >= 0.6 is 15.9 Å². The largest absolute Gasteiger partial charge is 0.497 e. The second-order valence-electron chi connectivity index (χ2n) is 4.51. The molecule has 106 valence electrons. The van der Waals surface area contributed by atoms with E-state index in [0.29, 0.717) is 5.88 Å². The standard InChI is InChI=1S/C16H13BrN2O2/c1-20-13-8-4-10(5-9-13)14-15(19-21-16(14)18)11-2-6-12(17)7-3-11/h2-9H,18H2,1H3. The molecule has 1 aromatic heterocycles. The van der Waals surface area contributed by atoms with E-state index in [1.54, 1.807) is 7.11 Å². The van der Waals surface area contributed by atoms with Crippen LogP contribution in [-0.2, 0) is 0 Å². The van der Waals surface area contributed by atoms with Gasteiger partial charge in [0.05, 0.1) is 12.7 Å². The lowest BCUT2D eigenvalue weighted by molar-refractivity contribution is 0.415. The third kappa shape index (κ3) is 2.64. The van der Waals surface area contributed by atoms with E-state index in [4.69, 9.17) is 15.0 Å². The Hall–Kier alpha value is -2.27. The van der Waals surface area contributed by atoms with Gasteiger partial charge in [-0.05, 0) is 29.8 Å². The fraction of sp³-hybridized carbons (Fsp3) is 0.0625. The SMILES string of the molecule is COc1ccc(-c2c(-c3ccc(Br)cc3)noc2N)cc1. The molecule has 0 unspecified atom stereocenters. The highest BCUT2D eigenvalue weighted by Crippen LogP contribution is 2.37. The maximum atomic E-state index is 5.94. The van der Waals surface area contributed by atoms with Crippen LogP contribution in [0.25, 0.3) is 22.4 Å². The monoisotopic (exact) mass is 344 g/mol. The van der Waals surface area contributed by atoms with Gasteiger partial charge in [-0.2, -0.15) is 0 Å². The Kier molecular flexibility index (Phi) is 3.66. The predicted molar refractivity (Wildman–Crippen MR) is 86.0 cm³/mol. The summed E-state index contributed by atoms with van der Waals surface area (Å²) < 4.78 is 11.4. The van der Waals surface area contributed by atoms with Gasteiger partial charge in [0.15, 0.2) is 0 Å². The van der Waals surface area contributed by atoms with Gasteiger partial charge in [0.25, 0.3) is 0 Å². The highest BCUT2D eigenvalue weighted by molar-refractivity contribution is 9.10. The molecule has 0 atom stereocenters. The highest BCUT2D eigenvalue weighted by atomic mass is 79.9. The number of nitrogens with two attached hydrogens (primary N) is 1. The van der Waals surface area contributed by atoms with E-state index in [-0.39, 0.29) is 0 Å². The quantitative estimate of drug-likeness (QED) is 0.766. The van der Waals surface area contributed by atoms with Gasteiger partial charge in [0, 0.05) is 10.0 Å². The van der Waals surface area contributed by atoms with Crippen molar-refractivity contribution in [1.82, 2.24) is 5.16 Å². The molecular formula is C16H13BrN2O2. The second kappa shape index (κ2) is 5.61. The fourth-order valence-electron chi connectivity index (χ4n) is 2.14. The van der Waals surface area contributed by atoms with Crippen molar-refractivity contribution in [2.45, 2.75) is 0 Å². The molecule has 3 rings (SSSR count). The van der Waals surface area contributed by atoms with Crippen LogP contribution in [0.5, 0.6) is 5.75 Å². The van der Waals surface area contributed by atoms with Crippen LogP contribution in [-0.4, -0.2) is 12.3 Å². The molecule has 0 bridgehead atoms. The van der Waals surface area contributed by atoms with Gasteiger partial charge < -0.3 is 15.0 Å². The van der Waals surface area contributed by atoms with Crippen molar-refractivity contribution < 1.29 is 9.26 Å². The minimum Gasteiger partial charge on any atom is -0.497 e. The molecule has 1 heterocycles. The second-order valence-corrected chi connectivity index (χ2v) is 5.42. The zero-order chi connectivity index (χ0) is 14.8. The van der Waals surface area contributed by atoms with E-state index < -0.39 is 0 Å². The van der Waals surface area contributed by atoms with Crippen LogP contribution in [0.2, 0.25) is 0 Å². The zero-order valence-electron chi connectivity index (χ0n) is 11.3. The van der Waals surface area contributed by atoms with E-state index in [2.05, 4.69) is 21.1 Å². The van der Waals surface area contributed by atoms with E-state index in [1.165, 1.54) is 0 Å². The Morgan fingerprint density at radius 3 is 2.24 bits per heavy atom. The first-order valence-corrected chi connectivity index (χ1v) is 7.14. The van der Waals surface area contributed by atoms with Gasteiger partial charge in [-0.25, -0.2) is 0 Å². The van der Waals surface area contributed by atoms with Crippen molar-refractivity contribution >= 4 is 21.8 Å². The molecular weight excluding hydrogens is 332 g/mol. The van der Waals surface area contributed by atoms with Gasteiger partial charge in [-0.1, -0.05) is 45.4 Å². The number of hydrogen-bond acceptors (Lipinski definition) is 4. The number of anilines is 1. The summed E-state index contributed by atoms with van der Waals surface area (Å²) in [5, 5.41) is 4.09. The van der Waals surface area contributed by atoms with E-state index in [1.807, 2.05) is 48.5 Å². The van der Waals surface area contributed by atoms with Crippen LogP contribution in [0.3, 0.4) is 0 Å². The normalized spacial score (nSPS) is 10.6. The Balaban J connectivity index is 2.09. The maximum Gasteiger partial charge on any atom is 0.230 e. The molecule has 0 amide bonds. The molecule has 3 aromatic rings.